The molecule has 0 aliphatic heterocycles. The Labute approximate surface area is 95.9 Å². The van der Waals surface area contributed by atoms with Crippen LogP contribution in [0.1, 0.15) is 11.6 Å². The van der Waals surface area contributed by atoms with Gasteiger partial charge in [0.05, 0.1) is 0 Å². The summed E-state index contributed by atoms with van der Waals surface area (Å²) in [5.74, 6) is -3.84. The van der Waals surface area contributed by atoms with Gasteiger partial charge in [0.2, 0.25) is 0 Å². The zero-order chi connectivity index (χ0) is 13.0. The first-order chi connectivity index (χ1) is 7.91. The van der Waals surface area contributed by atoms with Crippen LogP contribution in [0.2, 0.25) is 0 Å². The maximum atomic E-state index is 11.0. The van der Waals surface area contributed by atoms with Crippen molar-refractivity contribution in [3.8, 4) is 5.75 Å². The lowest BCUT2D eigenvalue weighted by atomic mass is 10.1. The first kappa shape index (κ1) is 12.5. The molecular formula is C10H10N2O5. The number of benzene rings is 1. The number of carboxylic acids is 1. The van der Waals surface area contributed by atoms with E-state index < -0.39 is 23.8 Å². The van der Waals surface area contributed by atoms with Gasteiger partial charge in [0.25, 0.3) is 0 Å². The summed E-state index contributed by atoms with van der Waals surface area (Å²) in [5.41, 5.74) is 4.92. The summed E-state index contributed by atoms with van der Waals surface area (Å²) in [6.07, 6.45) is 0. The van der Waals surface area contributed by atoms with E-state index in [0.29, 0.717) is 0 Å². The minimum absolute atomic E-state index is 0.0425. The van der Waals surface area contributed by atoms with Gasteiger partial charge in [-0.2, -0.15) is 0 Å². The summed E-state index contributed by atoms with van der Waals surface area (Å²) in [7, 11) is 0. The van der Waals surface area contributed by atoms with E-state index in [1.54, 1.807) is 0 Å². The van der Waals surface area contributed by atoms with Gasteiger partial charge in [-0.1, -0.05) is 12.1 Å². The Morgan fingerprint density at radius 1 is 1.18 bits per heavy atom. The average Bonchev–Trinajstić information content (AvgIpc) is 2.26. The number of hydrogen-bond donors (Lipinski definition) is 4. The Balaban J connectivity index is 2.94. The molecule has 0 aliphatic rings. The molecule has 0 radical (unpaired) electrons. The molecule has 1 aromatic carbocycles. The van der Waals surface area contributed by atoms with Crippen molar-refractivity contribution in [2.45, 2.75) is 6.04 Å². The summed E-state index contributed by atoms with van der Waals surface area (Å²) in [6, 6.07) is 3.77. The molecule has 0 spiro atoms. The number of phenols is 1. The number of rotatable bonds is 3. The van der Waals surface area contributed by atoms with E-state index >= 15 is 0 Å². The minimum atomic E-state index is -1.39. The molecule has 0 fully saturated rings. The SMILES string of the molecule is NC(=O)C(=O)NC(C(=O)O)c1ccc(O)cc1. The van der Waals surface area contributed by atoms with Gasteiger partial charge >= 0.3 is 17.8 Å². The predicted molar refractivity (Wildman–Crippen MR) is 55.8 cm³/mol. The van der Waals surface area contributed by atoms with Crippen molar-refractivity contribution in [3.05, 3.63) is 29.8 Å². The molecule has 90 valence electrons. The van der Waals surface area contributed by atoms with Crippen molar-refractivity contribution in [2.24, 2.45) is 5.73 Å². The molecule has 0 bridgehead atoms. The summed E-state index contributed by atoms with van der Waals surface area (Å²) in [5, 5.41) is 19.9. The highest BCUT2D eigenvalue weighted by Gasteiger charge is 2.23. The Hall–Kier alpha value is -2.57. The lowest BCUT2D eigenvalue weighted by molar-refractivity contribution is -0.144. The topological polar surface area (TPSA) is 130 Å². The number of nitrogens with one attached hydrogen (secondary N) is 1. The van der Waals surface area contributed by atoms with Crippen molar-refractivity contribution >= 4 is 17.8 Å². The number of amides is 2. The molecule has 1 atom stereocenters. The third-order valence-corrected chi connectivity index (χ3v) is 1.97. The van der Waals surface area contributed by atoms with Crippen molar-refractivity contribution in [1.29, 1.82) is 0 Å². The molecule has 17 heavy (non-hydrogen) atoms. The molecule has 7 nitrogen and oxygen atoms in total. The molecule has 1 aromatic rings. The summed E-state index contributed by atoms with van der Waals surface area (Å²) >= 11 is 0. The fraction of sp³-hybridized carbons (Fsp3) is 0.100. The van der Waals surface area contributed by atoms with Gasteiger partial charge in [0.1, 0.15) is 5.75 Å². The monoisotopic (exact) mass is 238 g/mol. The van der Waals surface area contributed by atoms with Gasteiger partial charge in [-0.3, -0.25) is 9.59 Å². The first-order valence-corrected chi connectivity index (χ1v) is 4.54. The number of carbonyl (C=O) groups excluding carboxylic acids is 2. The fourth-order valence-corrected chi connectivity index (χ4v) is 1.16. The zero-order valence-electron chi connectivity index (χ0n) is 8.58. The lowest BCUT2D eigenvalue weighted by Gasteiger charge is -2.13. The second-order valence-corrected chi connectivity index (χ2v) is 3.20. The summed E-state index contributed by atoms with van der Waals surface area (Å²) in [4.78, 5) is 32.4. The van der Waals surface area contributed by atoms with E-state index in [1.807, 2.05) is 5.32 Å². The van der Waals surface area contributed by atoms with E-state index in [9.17, 15) is 14.4 Å². The lowest BCUT2D eigenvalue weighted by Crippen LogP contribution is -2.41. The number of aromatic hydroxyl groups is 1. The van der Waals surface area contributed by atoms with Crippen molar-refractivity contribution in [1.82, 2.24) is 5.32 Å². The van der Waals surface area contributed by atoms with Crippen molar-refractivity contribution in [2.75, 3.05) is 0 Å². The molecule has 5 N–H and O–H groups in total. The second-order valence-electron chi connectivity index (χ2n) is 3.20. The van der Waals surface area contributed by atoms with E-state index in [2.05, 4.69) is 0 Å². The molecule has 2 amide bonds. The summed E-state index contributed by atoms with van der Waals surface area (Å²) in [6.45, 7) is 0. The number of nitrogens with two attached hydrogens (primary N) is 1. The first-order valence-electron chi connectivity index (χ1n) is 4.54. The number of aliphatic carboxylic acids is 1. The highest BCUT2D eigenvalue weighted by atomic mass is 16.4. The average molecular weight is 238 g/mol. The molecule has 7 heteroatoms. The molecular weight excluding hydrogens is 228 g/mol. The van der Waals surface area contributed by atoms with Crippen LogP contribution in [0.4, 0.5) is 0 Å². The van der Waals surface area contributed by atoms with Gasteiger partial charge in [-0.15, -0.1) is 0 Å². The van der Waals surface area contributed by atoms with E-state index in [1.165, 1.54) is 24.3 Å². The minimum Gasteiger partial charge on any atom is -0.508 e. The third kappa shape index (κ3) is 3.20. The van der Waals surface area contributed by atoms with Crippen LogP contribution in [0, 0.1) is 0 Å². The van der Waals surface area contributed by atoms with Gasteiger partial charge in [0.15, 0.2) is 6.04 Å². The Bertz CT molecular complexity index is 454. The van der Waals surface area contributed by atoms with E-state index in [0.717, 1.165) is 0 Å². The van der Waals surface area contributed by atoms with Gasteiger partial charge in [-0.05, 0) is 17.7 Å². The number of carbonyl (C=O) groups is 3. The fourth-order valence-electron chi connectivity index (χ4n) is 1.16. The smallest absolute Gasteiger partial charge is 0.330 e. The number of primary amides is 1. The van der Waals surface area contributed by atoms with Crippen LogP contribution >= 0.6 is 0 Å². The Kier molecular flexibility index (Phi) is 3.66. The zero-order valence-corrected chi connectivity index (χ0v) is 8.58. The van der Waals surface area contributed by atoms with Crippen LogP contribution in [0.5, 0.6) is 5.75 Å². The van der Waals surface area contributed by atoms with Crippen LogP contribution < -0.4 is 11.1 Å². The highest BCUT2D eigenvalue weighted by Crippen LogP contribution is 2.17. The molecule has 0 saturated heterocycles. The Morgan fingerprint density at radius 2 is 1.71 bits per heavy atom. The third-order valence-electron chi connectivity index (χ3n) is 1.97. The maximum absolute atomic E-state index is 11.0. The maximum Gasteiger partial charge on any atom is 0.330 e. The molecule has 1 rings (SSSR count). The Morgan fingerprint density at radius 3 is 2.12 bits per heavy atom. The van der Waals surface area contributed by atoms with Gasteiger partial charge < -0.3 is 21.3 Å². The van der Waals surface area contributed by atoms with E-state index in [-0.39, 0.29) is 11.3 Å². The van der Waals surface area contributed by atoms with Crippen molar-refractivity contribution < 1.29 is 24.6 Å². The van der Waals surface area contributed by atoms with Gasteiger partial charge in [0, 0.05) is 0 Å². The molecule has 0 aromatic heterocycles. The van der Waals surface area contributed by atoms with E-state index in [4.69, 9.17) is 15.9 Å². The molecule has 0 saturated carbocycles. The van der Waals surface area contributed by atoms with Crippen LogP contribution in [-0.4, -0.2) is 28.0 Å². The van der Waals surface area contributed by atoms with Crippen LogP contribution in [0.25, 0.3) is 0 Å². The predicted octanol–water partition coefficient (Wildman–Crippen LogP) is -0.881. The standard InChI is InChI=1S/C10H10N2O5/c11-8(14)9(15)12-7(10(16)17)5-1-3-6(13)4-2-5/h1-4,7,13H,(H2,11,14)(H,12,15)(H,16,17). The molecule has 1 unspecified atom stereocenters. The largest absolute Gasteiger partial charge is 0.508 e. The van der Waals surface area contributed by atoms with Crippen LogP contribution in [0.15, 0.2) is 24.3 Å². The second kappa shape index (κ2) is 4.97. The number of phenolic OH excluding ortho intramolecular Hbond substituents is 1. The quantitative estimate of drug-likeness (QED) is 0.508. The van der Waals surface area contributed by atoms with Crippen LogP contribution in [0.3, 0.4) is 0 Å². The number of carboxylic acid groups (broad SMARTS) is 1. The molecule has 0 heterocycles. The van der Waals surface area contributed by atoms with Crippen LogP contribution in [-0.2, 0) is 14.4 Å². The van der Waals surface area contributed by atoms with Gasteiger partial charge in [-0.25, -0.2) is 4.79 Å². The highest BCUT2D eigenvalue weighted by molar-refractivity contribution is 6.34. The van der Waals surface area contributed by atoms with Crippen molar-refractivity contribution in [3.63, 3.8) is 0 Å². The molecule has 0 aliphatic carbocycles. The summed E-state index contributed by atoms with van der Waals surface area (Å²) < 4.78 is 0. The number of hydrogen-bond acceptors (Lipinski definition) is 4. The normalized spacial score (nSPS) is 11.5.